The predicted octanol–water partition coefficient (Wildman–Crippen LogP) is 5.76. The zero-order valence-corrected chi connectivity index (χ0v) is 16.4. The van der Waals surface area contributed by atoms with Gasteiger partial charge in [0.05, 0.1) is 23.8 Å². The maximum absolute atomic E-state index is 12.2. The summed E-state index contributed by atoms with van der Waals surface area (Å²) >= 11 is 0. The molecule has 0 aromatic heterocycles. The fourth-order valence-corrected chi connectivity index (χ4v) is 3.76. The molecule has 1 fully saturated rings. The van der Waals surface area contributed by atoms with E-state index in [-0.39, 0.29) is 0 Å². The number of ether oxygens (including phenoxy) is 2. The maximum Gasteiger partial charge on any atom is 0.343 e. The molecule has 0 amide bonds. The molecule has 0 unspecified atom stereocenters. The molecule has 4 heteroatoms. The van der Waals surface area contributed by atoms with Crippen LogP contribution in [0, 0.1) is 23.2 Å². The maximum atomic E-state index is 12.2. The number of carbonyl (C=O) groups is 1. The van der Waals surface area contributed by atoms with E-state index in [1.54, 1.807) is 36.4 Å². The Kier molecular flexibility index (Phi) is 7.08. The number of nitriles is 1. The van der Waals surface area contributed by atoms with Crippen LogP contribution in [0.3, 0.4) is 0 Å². The Morgan fingerprint density at radius 2 is 1.57 bits per heavy atom. The Morgan fingerprint density at radius 3 is 2.18 bits per heavy atom. The van der Waals surface area contributed by atoms with Gasteiger partial charge in [-0.2, -0.15) is 5.26 Å². The van der Waals surface area contributed by atoms with Gasteiger partial charge in [0.15, 0.2) is 0 Å². The van der Waals surface area contributed by atoms with Gasteiger partial charge in [-0.15, -0.1) is 0 Å². The lowest BCUT2D eigenvalue weighted by atomic mass is 9.80. The van der Waals surface area contributed by atoms with Crippen LogP contribution in [0.4, 0.5) is 0 Å². The van der Waals surface area contributed by atoms with Crippen LogP contribution in [0.15, 0.2) is 48.5 Å². The molecule has 2 aromatic rings. The predicted molar refractivity (Wildman–Crippen MR) is 108 cm³/mol. The van der Waals surface area contributed by atoms with E-state index in [4.69, 9.17) is 14.7 Å². The second-order valence-corrected chi connectivity index (χ2v) is 7.54. The minimum atomic E-state index is -0.425. The number of carbonyl (C=O) groups excluding carboxylic acids is 1. The van der Waals surface area contributed by atoms with Gasteiger partial charge in [0.25, 0.3) is 0 Å². The molecule has 2 aromatic carbocycles. The Labute approximate surface area is 167 Å². The van der Waals surface area contributed by atoms with Crippen LogP contribution in [0.2, 0.25) is 0 Å². The SMILES string of the molecule is CCC[C@H]1CC[C@H](COc2ccc(C(=O)Oc3ccc(C#N)cc3)cc2)CC1. The molecule has 3 rings (SSSR count). The summed E-state index contributed by atoms with van der Waals surface area (Å²) in [5.41, 5.74) is 0.997. The summed E-state index contributed by atoms with van der Waals surface area (Å²) in [6.07, 6.45) is 7.78. The summed E-state index contributed by atoms with van der Waals surface area (Å²) in [5, 5.41) is 8.80. The zero-order chi connectivity index (χ0) is 19.8. The number of hydrogen-bond donors (Lipinski definition) is 0. The van der Waals surface area contributed by atoms with Gasteiger partial charge in [-0.1, -0.05) is 32.6 Å². The van der Waals surface area contributed by atoms with Crippen LogP contribution >= 0.6 is 0 Å². The van der Waals surface area contributed by atoms with E-state index in [9.17, 15) is 4.79 Å². The first kappa shape index (κ1) is 19.9. The van der Waals surface area contributed by atoms with E-state index in [0.717, 1.165) is 18.3 Å². The van der Waals surface area contributed by atoms with Crippen molar-refractivity contribution in [2.24, 2.45) is 11.8 Å². The number of benzene rings is 2. The molecule has 28 heavy (non-hydrogen) atoms. The van der Waals surface area contributed by atoms with Gasteiger partial charge in [-0.25, -0.2) is 4.79 Å². The molecule has 1 aliphatic rings. The van der Waals surface area contributed by atoms with Crippen LogP contribution < -0.4 is 9.47 Å². The highest BCUT2D eigenvalue weighted by Crippen LogP contribution is 2.32. The molecule has 0 saturated heterocycles. The van der Waals surface area contributed by atoms with E-state index in [1.807, 2.05) is 18.2 Å². The van der Waals surface area contributed by atoms with Crippen molar-refractivity contribution < 1.29 is 14.3 Å². The van der Waals surface area contributed by atoms with E-state index < -0.39 is 5.97 Å². The third-order valence-corrected chi connectivity index (χ3v) is 5.43. The Balaban J connectivity index is 1.46. The third kappa shape index (κ3) is 5.60. The molecule has 0 heterocycles. The van der Waals surface area contributed by atoms with Crippen molar-refractivity contribution in [2.45, 2.75) is 45.4 Å². The second kappa shape index (κ2) is 9.94. The third-order valence-electron chi connectivity index (χ3n) is 5.43. The van der Waals surface area contributed by atoms with Crippen molar-refractivity contribution in [1.29, 1.82) is 5.26 Å². The second-order valence-electron chi connectivity index (χ2n) is 7.54. The molecule has 0 N–H and O–H groups in total. The van der Waals surface area contributed by atoms with Crippen molar-refractivity contribution in [2.75, 3.05) is 6.61 Å². The number of esters is 1. The van der Waals surface area contributed by atoms with Gasteiger partial charge < -0.3 is 9.47 Å². The average Bonchev–Trinajstić information content (AvgIpc) is 2.74. The number of hydrogen-bond acceptors (Lipinski definition) is 4. The molecular weight excluding hydrogens is 350 g/mol. The first-order valence-electron chi connectivity index (χ1n) is 10.1. The van der Waals surface area contributed by atoms with Crippen molar-refractivity contribution in [3.63, 3.8) is 0 Å². The first-order valence-corrected chi connectivity index (χ1v) is 10.1. The molecule has 0 bridgehead atoms. The van der Waals surface area contributed by atoms with E-state index >= 15 is 0 Å². The zero-order valence-electron chi connectivity index (χ0n) is 16.4. The highest BCUT2D eigenvalue weighted by atomic mass is 16.5. The molecule has 4 nitrogen and oxygen atoms in total. The molecule has 146 valence electrons. The van der Waals surface area contributed by atoms with Crippen LogP contribution in [-0.4, -0.2) is 12.6 Å². The van der Waals surface area contributed by atoms with E-state index in [2.05, 4.69) is 6.92 Å². The summed E-state index contributed by atoms with van der Waals surface area (Å²) in [6, 6.07) is 15.6. The Hall–Kier alpha value is -2.80. The molecule has 0 spiro atoms. The Morgan fingerprint density at radius 1 is 0.964 bits per heavy atom. The Bertz CT molecular complexity index is 797. The molecule has 1 saturated carbocycles. The summed E-state index contributed by atoms with van der Waals surface area (Å²) in [5.74, 6) is 2.32. The van der Waals surface area contributed by atoms with E-state index in [1.165, 1.54) is 38.5 Å². The van der Waals surface area contributed by atoms with Gasteiger partial charge >= 0.3 is 5.97 Å². The summed E-state index contributed by atoms with van der Waals surface area (Å²) in [7, 11) is 0. The fraction of sp³-hybridized carbons (Fsp3) is 0.417. The number of rotatable bonds is 7. The van der Waals surface area contributed by atoms with Crippen LogP contribution in [0.1, 0.15) is 61.4 Å². The van der Waals surface area contributed by atoms with Crippen molar-refractivity contribution >= 4 is 5.97 Å². The van der Waals surface area contributed by atoms with Gasteiger partial charge in [0.2, 0.25) is 0 Å². The minimum absolute atomic E-state index is 0.419. The monoisotopic (exact) mass is 377 g/mol. The van der Waals surface area contributed by atoms with Crippen molar-refractivity contribution in [1.82, 2.24) is 0 Å². The lowest BCUT2D eigenvalue weighted by molar-refractivity contribution is 0.0734. The van der Waals surface area contributed by atoms with Crippen molar-refractivity contribution in [3.8, 4) is 17.6 Å². The smallest absolute Gasteiger partial charge is 0.343 e. The molecule has 1 aliphatic carbocycles. The topological polar surface area (TPSA) is 59.3 Å². The highest BCUT2D eigenvalue weighted by molar-refractivity contribution is 5.91. The fourth-order valence-electron chi connectivity index (χ4n) is 3.76. The standard InChI is InChI=1S/C24H27NO3/c1-2-3-18-4-6-20(7-5-18)17-27-22-14-10-21(11-15-22)24(26)28-23-12-8-19(16-25)9-13-23/h8-15,18,20H,2-7,17H2,1H3/t18-,20-. The van der Waals surface area contributed by atoms with Gasteiger partial charge in [0.1, 0.15) is 11.5 Å². The summed E-state index contributed by atoms with van der Waals surface area (Å²) < 4.78 is 11.3. The molecule has 0 aliphatic heterocycles. The van der Waals surface area contributed by atoms with Crippen molar-refractivity contribution in [3.05, 3.63) is 59.7 Å². The molecular formula is C24H27NO3. The van der Waals surface area contributed by atoms with Crippen LogP contribution in [-0.2, 0) is 0 Å². The molecule has 0 atom stereocenters. The quantitative estimate of drug-likeness (QED) is 0.454. The largest absolute Gasteiger partial charge is 0.493 e. The van der Waals surface area contributed by atoms with Gasteiger partial charge in [0, 0.05) is 0 Å². The van der Waals surface area contributed by atoms with Crippen LogP contribution in [0.25, 0.3) is 0 Å². The van der Waals surface area contributed by atoms with Gasteiger partial charge in [-0.3, -0.25) is 0 Å². The van der Waals surface area contributed by atoms with Crippen LogP contribution in [0.5, 0.6) is 11.5 Å². The lowest BCUT2D eigenvalue weighted by Gasteiger charge is -2.28. The highest BCUT2D eigenvalue weighted by Gasteiger charge is 2.21. The normalized spacial score (nSPS) is 18.9. The lowest BCUT2D eigenvalue weighted by Crippen LogP contribution is -2.20. The molecule has 0 radical (unpaired) electrons. The summed E-state index contributed by atoms with van der Waals surface area (Å²) in [6.45, 7) is 3.01. The minimum Gasteiger partial charge on any atom is -0.493 e. The number of nitrogens with zero attached hydrogens (tertiary/aromatic N) is 1. The average molecular weight is 377 g/mol. The summed E-state index contributed by atoms with van der Waals surface area (Å²) in [4.78, 5) is 12.2. The van der Waals surface area contributed by atoms with Gasteiger partial charge in [-0.05, 0) is 73.2 Å². The van der Waals surface area contributed by atoms with E-state index in [0.29, 0.717) is 22.8 Å². The first-order chi connectivity index (χ1) is 13.7.